The Morgan fingerprint density at radius 1 is 1.71 bits per heavy atom. The molecule has 0 aliphatic heterocycles. The zero-order valence-corrected chi connectivity index (χ0v) is 9.93. The standard InChI is InChI=1S/C12H17N3O2/c1-2-11(14)12(16)15(7-4-6-13)9-10-5-3-8-17-10/h3,5,8,11H,2,4,7,9,14H2,1H3. The highest BCUT2D eigenvalue weighted by molar-refractivity contribution is 5.81. The van der Waals surface area contributed by atoms with Crippen LogP contribution >= 0.6 is 0 Å². The molecule has 1 aromatic rings. The summed E-state index contributed by atoms with van der Waals surface area (Å²) < 4.78 is 5.19. The molecule has 1 amide bonds. The molecule has 5 heteroatoms. The van der Waals surface area contributed by atoms with Gasteiger partial charge >= 0.3 is 0 Å². The molecule has 1 rings (SSSR count). The van der Waals surface area contributed by atoms with Crippen molar-refractivity contribution in [1.82, 2.24) is 4.90 Å². The summed E-state index contributed by atoms with van der Waals surface area (Å²) in [6, 6.07) is 5.08. The molecule has 0 aliphatic carbocycles. The van der Waals surface area contributed by atoms with E-state index in [1.807, 2.05) is 13.0 Å². The maximum Gasteiger partial charge on any atom is 0.239 e. The van der Waals surface area contributed by atoms with Crippen LogP contribution in [0.5, 0.6) is 0 Å². The fourth-order valence-corrected chi connectivity index (χ4v) is 1.45. The normalized spacial score (nSPS) is 11.8. The Bertz CT molecular complexity index is 381. The number of rotatable bonds is 6. The summed E-state index contributed by atoms with van der Waals surface area (Å²) in [6.45, 7) is 2.60. The molecular formula is C12H17N3O2. The molecule has 0 radical (unpaired) electrons. The number of furan rings is 1. The lowest BCUT2D eigenvalue weighted by Gasteiger charge is -2.23. The van der Waals surface area contributed by atoms with Gasteiger partial charge in [0.2, 0.25) is 5.91 Å². The number of nitrogens with zero attached hydrogens (tertiary/aromatic N) is 2. The van der Waals surface area contributed by atoms with Gasteiger partial charge in [0, 0.05) is 6.54 Å². The molecule has 0 saturated heterocycles. The van der Waals surface area contributed by atoms with E-state index in [1.165, 1.54) is 0 Å². The van der Waals surface area contributed by atoms with Crippen LogP contribution in [0.15, 0.2) is 22.8 Å². The average Bonchev–Trinajstić information content (AvgIpc) is 2.85. The first-order valence-corrected chi connectivity index (χ1v) is 5.62. The number of amides is 1. The topological polar surface area (TPSA) is 83.3 Å². The molecule has 1 atom stereocenters. The number of hydrogen-bond acceptors (Lipinski definition) is 4. The van der Waals surface area contributed by atoms with Gasteiger partial charge in [-0.2, -0.15) is 5.26 Å². The lowest BCUT2D eigenvalue weighted by Crippen LogP contribution is -2.43. The average molecular weight is 235 g/mol. The molecule has 92 valence electrons. The van der Waals surface area contributed by atoms with Crippen molar-refractivity contribution in [3.63, 3.8) is 0 Å². The van der Waals surface area contributed by atoms with Crippen molar-refractivity contribution in [3.05, 3.63) is 24.2 Å². The summed E-state index contributed by atoms with van der Waals surface area (Å²) in [5.41, 5.74) is 5.71. The van der Waals surface area contributed by atoms with Gasteiger partial charge in [0.25, 0.3) is 0 Å². The Morgan fingerprint density at radius 3 is 3.00 bits per heavy atom. The van der Waals surface area contributed by atoms with Gasteiger partial charge in [0.1, 0.15) is 5.76 Å². The summed E-state index contributed by atoms with van der Waals surface area (Å²) in [6.07, 6.45) is 2.44. The monoisotopic (exact) mass is 235 g/mol. The lowest BCUT2D eigenvalue weighted by molar-refractivity contribution is -0.133. The van der Waals surface area contributed by atoms with E-state index in [-0.39, 0.29) is 5.91 Å². The third-order valence-electron chi connectivity index (χ3n) is 2.49. The number of nitrogens with two attached hydrogens (primary N) is 1. The predicted molar refractivity (Wildman–Crippen MR) is 62.6 cm³/mol. The molecule has 2 N–H and O–H groups in total. The van der Waals surface area contributed by atoms with E-state index in [0.717, 1.165) is 0 Å². The maximum atomic E-state index is 12.0. The largest absolute Gasteiger partial charge is 0.467 e. The van der Waals surface area contributed by atoms with Crippen LogP contribution in [-0.4, -0.2) is 23.4 Å². The van der Waals surface area contributed by atoms with E-state index in [9.17, 15) is 4.79 Å². The van der Waals surface area contributed by atoms with Crippen molar-refractivity contribution in [3.8, 4) is 6.07 Å². The van der Waals surface area contributed by atoms with E-state index >= 15 is 0 Å². The van der Waals surface area contributed by atoms with Crippen molar-refractivity contribution in [2.24, 2.45) is 5.73 Å². The highest BCUT2D eigenvalue weighted by Gasteiger charge is 2.20. The highest BCUT2D eigenvalue weighted by Crippen LogP contribution is 2.08. The maximum absolute atomic E-state index is 12.0. The third-order valence-corrected chi connectivity index (χ3v) is 2.49. The Balaban J connectivity index is 2.66. The molecule has 0 bridgehead atoms. The molecule has 0 spiro atoms. The first-order valence-electron chi connectivity index (χ1n) is 5.62. The first kappa shape index (κ1) is 13.3. The van der Waals surface area contributed by atoms with Crippen molar-refractivity contribution in [1.29, 1.82) is 5.26 Å². The number of carbonyl (C=O) groups excluding carboxylic acids is 1. The molecule has 1 heterocycles. The van der Waals surface area contributed by atoms with Crippen molar-refractivity contribution in [2.45, 2.75) is 32.4 Å². The van der Waals surface area contributed by atoms with Crippen LogP contribution in [0.1, 0.15) is 25.5 Å². The first-order chi connectivity index (χ1) is 8.19. The van der Waals surface area contributed by atoms with Gasteiger partial charge in [0.05, 0.1) is 31.3 Å². The molecule has 0 fully saturated rings. The summed E-state index contributed by atoms with van der Waals surface area (Å²) in [5.74, 6) is 0.554. The number of nitriles is 1. The predicted octanol–water partition coefficient (Wildman–Crippen LogP) is 1.26. The molecular weight excluding hydrogens is 218 g/mol. The second-order valence-electron chi connectivity index (χ2n) is 3.76. The second-order valence-corrected chi connectivity index (χ2v) is 3.76. The van der Waals surface area contributed by atoms with Gasteiger partial charge in [-0.1, -0.05) is 6.92 Å². The van der Waals surface area contributed by atoms with Crippen LogP contribution in [0.2, 0.25) is 0 Å². The Kier molecular flexibility index (Phi) is 5.24. The fourth-order valence-electron chi connectivity index (χ4n) is 1.45. The fraction of sp³-hybridized carbons (Fsp3) is 0.500. The van der Waals surface area contributed by atoms with Crippen LogP contribution in [0.4, 0.5) is 0 Å². The summed E-state index contributed by atoms with van der Waals surface area (Å²) in [7, 11) is 0. The number of hydrogen-bond donors (Lipinski definition) is 1. The minimum absolute atomic E-state index is 0.140. The van der Waals surface area contributed by atoms with Gasteiger partial charge in [-0.05, 0) is 18.6 Å². The quantitative estimate of drug-likeness (QED) is 0.804. The SMILES string of the molecule is CCC(N)C(=O)N(CCC#N)Cc1ccco1. The lowest BCUT2D eigenvalue weighted by atomic mass is 10.2. The minimum atomic E-state index is -0.511. The van der Waals surface area contributed by atoms with E-state index in [0.29, 0.717) is 31.7 Å². The second kappa shape index (κ2) is 6.71. The van der Waals surface area contributed by atoms with E-state index in [2.05, 4.69) is 0 Å². The van der Waals surface area contributed by atoms with Crippen LogP contribution in [-0.2, 0) is 11.3 Å². The molecule has 0 aromatic carbocycles. The minimum Gasteiger partial charge on any atom is -0.467 e. The van der Waals surface area contributed by atoms with Gasteiger partial charge in [-0.3, -0.25) is 4.79 Å². The Morgan fingerprint density at radius 2 is 2.47 bits per heavy atom. The van der Waals surface area contributed by atoms with E-state index in [1.54, 1.807) is 23.3 Å². The van der Waals surface area contributed by atoms with Crippen LogP contribution in [0, 0.1) is 11.3 Å². The summed E-state index contributed by atoms with van der Waals surface area (Å²) >= 11 is 0. The molecule has 1 unspecified atom stereocenters. The van der Waals surface area contributed by atoms with Crippen molar-refractivity contribution >= 4 is 5.91 Å². The van der Waals surface area contributed by atoms with Gasteiger partial charge in [-0.25, -0.2) is 0 Å². The Hall–Kier alpha value is -1.80. The number of carbonyl (C=O) groups is 1. The summed E-state index contributed by atoms with van der Waals surface area (Å²) in [4.78, 5) is 13.5. The molecule has 5 nitrogen and oxygen atoms in total. The molecule has 0 saturated carbocycles. The van der Waals surface area contributed by atoms with Crippen LogP contribution < -0.4 is 5.73 Å². The summed E-state index contributed by atoms with van der Waals surface area (Å²) in [5, 5.41) is 8.58. The smallest absolute Gasteiger partial charge is 0.239 e. The van der Waals surface area contributed by atoms with Gasteiger partial charge in [0.15, 0.2) is 0 Å². The van der Waals surface area contributed by atoms with Gasteiger partial charge in [-0.15, -0.1) is 0 Å². The van der Waals surface area contributed by atoms with Crippen LogP contribution in [0.3, 0.4) is 0 Å². The van der Waals surface area contributed by atoms with Crippen LogP contribution in [0.25, 0.3) is 0 Å². The Labute approximate surface area is 101 Å². The van der Waals surface area contributed by atoms with E-state index in [4.69, 9.17) is 15.4 Å². The highest BCUT2D eigenvalue weighted by atomic mass is 16.3. The molecule has 0 aliphatic rings. The van der Waals surface area contributed by atoms with Crippen molar-refractivity contribution in [2.75, 3.05) is 6.54 Å². The van der Waals surface area contributed by atoms with Crippen molar-refractivity contribution < 1.29 is 9.21 Å². The zero-order valence-electron chi connectivity index (χ0n) is 9.93. The molecule has 1 aromatic heterocycles. The van der Waals surface area contributed by atoms with Gasteiger partial charge < -0.3 is 15.1 Å². The molecule has 17 heavy (non-hydrogen) atoms. The third kappa shape index (κ3) is 3.93. The zero-order chi connectivity index (χ0) is 12.7. The van der Waals surface area contributed by atoms with E-state index < -0.39 is 6.04 Å².